The molecule has 0 N–H and O–H groups in total. The molecule has 0 saturated carbocycles. The molecule has 12 rings (SSSR count). The lowest BCUT2D eigenvalue weighted by atomic mass is 9.74. The van der Waals surface area contributed by atoms with E-state index in [0.717, 1.165) is 136 Å². The van der Waals surface area contributed by atoms with E-state index in [0.29, 0.717) is 118 Å². The van der Waals surface area contributed by atoms with Crippen molar-refractivity contribution in [3.8, 4) is 23.0 Å². The third-order valence-electron chi connectivity index (χ3n) is 17.4. The fourth-order valence-corrected chi connectivity index (χ4v) is 13.7. The monoisotopic (exact) mass is 1180 g/mol. The van der Waals surface area contributed by atoms with Gasteiger partial charge in [-0.15, -0.1) is 0 Å². The third kappa shape index (κ3) is 11.8. The van der Waals surface area contributed by atoms with E-state index in [1.54, 1.807) is 0 Å². The quantitative estimate of drug-likeness (QED) is 0.116. The summed E-state index contributed by atoms with van der Waals surface area (Å²) in [6.07, 6.45) is 3.55. The first-order valence-electron chi connectivity index (χ1n) is 31.8. The summed E-state index contributed by atoms with van der Waals surface area (Å²) in [4.78, 5) is 4.58. The van der Waals surface area contributed by atoms with E-state index in [1.165, 1.54) is 0 Å². The number of anilines is 4. The van der Waals surface area contributed by atoms with Crippen LogP contribution in [0.25, 0.3) is 0 Å². The minimum absolute atomic E-state index is 0.308. The van der Waals surface area contributed by atoms with Crippen molar-refractivity contribution in [2.75, 3.05) is 116 Å². The second kappa shape index (κ2) is 27.8. The molecule has 0 spiro atoms. The van der Waals surface area contributed by atoms with Crippen molar-refractivity contribution in [3.63, 3.8) is 0 Å². The Morgan fingerprint density at radius 1 is 0.352 bits per heavy atom. The van der Waals surface area contributed by atoms with E-state index < -0.39 is 11.2 Å². The van der Waals surface area contributed by atoms with E-state index in [2.05, 4.69) is 209 Å². The third-order valence-corrected chi connectivity index (χ3v) is 17.4. The second-order valence-corrected chi connectivity index (χ2v) is 23.0. The number of hydrogen-bond donors (Lipinski definition) is 0. The zero-order valence-corrected chi connectivity index (χ0v) is 52.1. The summed E-state index contributed by atoms with van der Waals surface area (Å²) in [7, 11) is 4.30. The van der Waals surface area contributed by atoms with E-state index in [4.69, 9.17) is 47.4 Å². The normalized spacial score (nSPS) is 16.6. The summed E-state index contributed by atoms with van der Waals surface area (Å²) in [5, 5.41) is 0. The van der Waals surface area contributed by atoms with Gasteiger partial charge in [-0.3, -0.25) is 0 Å². The molecule has 0 radical (unpaired) electrons. The highest BCUT2D eigenvalue weighted by Crippen LogP contribution is 2.56. The SMILES string of the molecule is CCCOc1c2cccc1Cc1cc(C3(OCC)c4ccccc4N(C)c4ccccc43)cc3c1OCCOCCOCCOCCOCCOc1c(cc(C4(OCC)c5ccccc5N(C)c5ccccc54)cc1Cc1cccc(c1OCCC)C3)C2. The number of para-hydroxylation sites is 6. The summed E-state index contributed by atoms with van der Waals surface area (Å²) in [5.41, 5.74) is 16.7. The van der Waals surface area contributed by atoms with Gasteiger partial charge >= 0.3 is 0 Å². The summed E-state index contributed by atoms with van der Waals surface area (Å²) >= 11 is 0. The molecule has 4 aliphatic rings. The fraction of sp³-hybridized carbons (Fsp3) is 0.368. The molecule has 0 atom stereocenters. The van der Waals surface area contributed by atoms with Crippen molar-refractivity contribution < 1.29 is 47.4 Å². The zero-order valence-electron chi connectivity index (χ0n) is 52.1. The molecule has 12 heteroatoms. The highest BCUT2D eigenvalue weighted by Gasteiger charge is 2.47. The molecule has 458 valence electrons. The van der Waals surface area contributed by atoms with Crippen LogP contribution in [0, 0.1) is 0 Å². The Kier molecular flexibility index (Phi) is 19.1. The standard InChI is InChI=1S/C76H84N2O10/c1-7-33-83-71-53-21-19-22-54(71)46-58-50-62(76(88-10-4)65-27-13-17-31-69(65)78(6)70-32-18-14-28-66(70)76)52-60-48-56-24-20-23-55(72(56)84-34-8-2)47-59-51-61(75(87-9-3)63-25-11-15-29-67(63)77(5)68-30-16-12-26-64(68)75)49-57(45-53)73(59)85-43-41-81-39-37-79-35-36-80-38-40-82-42-44-86-74(58)60/h11-32,49-52H,7-10,33-48H2,1-6H3. The molecule has 3 aliphatic heterocycles. The Balaban J connectivity index is 1.14. The lowest BCUT2D eigenvalue weighted by Crippen LogP contribution is -2.39. The minimum atomic E-state index is -1.01. The Morgan fingerprint density at radius 2 is 0.636 bits per heavy atom. The Labute approximate surface area is 520 Å². The van der Waals surface area contributed by atoms with Crippen LogP contribution in [-0.2, 0) is 65.3 Å². The highest BCUT2D eigenvalue weighted by molar-refractivity contribution is 5.81. The van der Waals surface area contributed by atoms with Gasteiger partial charge in [0.05, 0.1) is 66.1 Å². The smallest absolute Gasteiger partial charge is 0.147 e. The van der Waals surface area contributed by atoms with Gasteiger partial charge in [-0.05, 0) is 131 Å². The van der Waals surface area contributed by atoms with E-state index in [1.807, 2.05) is 0 Å². The van der Waals surface area contributed by atoms with Crippen LogP contribution in [0.4, 0.5) is 22.7 Å². The van der Waals surface area contributed by atoms with Crippen molar-refractivity contribution in [2.45, 2.75) is 77.4 Å². The number of rotatable bonds is 12. The van der Waals surface area contributed by atoms with Crippen molar-refractivity contribution >= 4 is 22.7 Å². The molecule has 0 aromatic heterocycles. The second-order valence-electron chi connectivity index (χ2n) is 23.0. The number of hydrogen-bond acceptors (Lipinski definition) is 12. The number of benzene rings is 8. The first kappa shape index (κ1) is 60.6. The summed E-state index contributed by atoms with van der Waals surface area (Å²) in [6, 6.07) is 57.3. The van der Waals surface area contributed by atoms with Crippen LogP contribution in [0.3, 0.4) is 0 Å². The van der Waals surface area contributed by atoms with E-state index in [9.17, 15) is 0 Å². The van der Waals surface area contributed by atoms with Gasteiger partial charge in [-0.2, -0.15) is 0 Å². The molecular formula is C76H84N2O10. The zero-order chi connectivity index (χ0) is 60.5. The maximum atomic E-state index is 7.42. The van der Waals surface area contributed by atoms with Crippen LogP contribution in [0.1, 0.15) is 118 Å². The highest BCUT2D eigenvalue weighted by atomic mass is 16.6. The number of fused-ring (bicyclic) bond motifs is 6. The molecule has 10 bridgehead atoms. The van der Waals surface area contributed by atoms with Gasteiger partial charge in [0.1, 0.15) is 47.4 Å². The minimum Gasteiger partial charge on any atom is -0.493 e. The predicted octanol–water partition coefficient (Wildman–Crippen LogP) is 14.6. The number of nitrogens with zero attached hydrogens (tertiary/aromatic N) is 2. The molecule has 88 heavy (non-hydrogen) atoms. The maximum Gasteiger partial charge on any atom is 0.147 e. The molecule has 1 aliphatic carbocycles. The Hall–Kier alpha value is -7.68. The summed E-state index contributed by atoms with van der Waals surface area (Å²) < 4.78 is 68.0. The fourth-order valence-electron chi connectivity index (χ4n) is 13.7. The van der Waals surface area contributed by atoms with Crippen molar-refractivity contribution in [1.29, 1.82) is 0 Å². The molecule has 0 saturated heterocycles. The lowest BCUT2D eigenvalue weighted by Gasteiger charge is -2.44. The van der Waals surface area contributed by atoms with Gasteiger partial charge in [-0.25, -0.2) is 0 Å². The molecule has 0 amide bonds. The van der Waals surface area contributed by atoms with Gasteiger partial charge in [0, 0.05) is 98.0 Å². The summed E-state index contributed by atoms with van der Waals surface area (Å²) in [5.74, 6) is 3.28. The Morgan fingerprint density at radius 3 is 0.920 bits per heavy atom. The van der Waals surface area contributed by atoms with Gasteiger partial charge < -0.3 is 57.2 Å². The van der Waals surface area contributed by atoms with Crippen molar-refractivity contribution in [2.24, 2.45) is 0 Å². The van der Waals surface area contributed by atoms with Crippen molar-refractivity contribution in [3.05, 3.63) is 236 Å². The molecular weight excluding hydrogens is 1100 g/mol. The van der Waals surface area contributed by atoms with Gasteiger partial charge in [0.15, 0.2) is 0 Å². The molecule has 8 aromatic rings. The first-order chi connectivity index (χ1) is 43.3. The largest absolute Gasteiger partial charge is 0.493 e. The first-order valence-corrected chi connectivity index (χ1v) is 31.8. The Bertz CT molecular complexity index is 3280. The summed E-state index contributed by atoms with van der Waals surface area (Å²) in [6.45, 7) is 14.4. The maximum absolute atomic E-state index is 7.42. The molecule has 0 unspecified atom stereocenters. The van der Waals surface area contributed by atoms with Crippen LogP contribution >= 0.6 is 0 Å². The average molecular weight is 1190 g/mol. The van der Waals surface area contributed by atoms with E-state index >= 15 is 0 Å². The average Bonchev–Trinajstić information content (AvgIpc) is 0.952. The van der Waals surface area contributed by atoms with Gasteiger partial charge in [0.25, 0.3) is 0 Å². The topological polar surface area (TPSA) is 98.8 Å². The molecule has 3 heterocycles. The van der Waals surface area contributed by atoms with E-state index in [-0.39, 0.29) is 0 Å². The molecule has 0 fully saturated rings. The predicted molar refractivity (Wildman–Crippen MR) is 348 cm³/mol. The number of ether oxygens (including phenoxy) is 10. The van der Waals surface area contributed by atoms with Crippen LogP contribution < -0.4 is 28.7 Å². The lowest BCUT2D eigenvalue weighted by molar-refractivity contribution is -0.00708. The molecule has 8 aromatic carbocycles. The van der Waals surface area contributed by atoms with Gasteiger partial charge in [0.2, 0.25) is 0 Å². The van der Waals surface area contributed by atoms with Gasteiger partial charge in [-0.1, -0.05) is 123 Å². The molecule has 12 nitrogen and oxygen atoms in total. The van der Waals surface area contributed by atoms with Crippen LogP contribution in [0.5, 0.6) is 23.0 Å². The van der Waals surface area contributed by atoms with Crippen LogP contribution in [0.15, 0.2) is 158 Å². The van der Waals surface area contributed by atoms with Crippen molar-refractivity contribution in [1.82, 2.24) is 0 Å². The van der Waals surface area contributed by atoms with Crippen LogP contribution in [-0.4, -0.2) is 107 Å². The van der Waals surface area contributed by atoms with Crippen LogP contribution in [0.2, 0.25) is 0 Å².